The van der Waals surface area contributed by atoms with Gasteiger partial charge in [-0.05, 0) is 15.9 Å². The maximum atomic E-state index is 11.5. The Labute approximate surface area is 76.3 Å². The first-order valence-corrected chi connectivity index (χ1v) is 3.43. The van der Waals surface area contributed by atoms with Crippen LogP contribution in [0.25, 0.3) is 0 Å². The molecular formula is C4BrClF6. The molecule has 0 nitrogen and oxygen atoms in total. The van der Waals surface area contributed by atoms with E-state index in [0.717, 1.165) is 0 Å². The Morgan fingerprint density at radius 1 is 0.917 bits per heavy atom. The molecule has 0 N–H and O–H groups in total. The van der Waals surface area contributed by atoms with Crippen LogP contribution in [0.15, 0.2) is 9.51 Å². The zero-order valence-electron chi connectivity index (χ0n) is 5.02. The third-order valence-corrected chi connectivity index (χ3v) is 2.17. The molecule has 0 spiro atoms. The zero-order chi connectivity index (χ0) is 10.2. The summed E-state index contributed by atoms with van der Waals surface area (Å²) in [7, 11) is 0. The van der Waals surface area contributed by atoms with Gasteiger partial charge in [-0.25, -0.2) is 0 Å². The van der Waals surface area contributed by atoms with Gasteiger partial charge in [-0.15, -0.1) is 0 Å². The van der Waals surface area contributed by atoms with E-state index >= 15 is 0 Å². The molecule has 0 rings (SSSR count). The molecule has 0 aliphatic heterocycles. The molecule has 0 atom stereocenters. The van der Waals surface area contributed by atoms with Crippen LogP contribution >= 0.6 is 27.5 Å². The Balaban J connectivity index is 4.96. The van der Waals surface area contributed by atoms with Gasteiger partial charge in [0, 0.05) is 0 Å². The minimum Gasteiger partial charge on any atom is -0.166 e. The van der Waals surface area contributed by atoms with Gasteiger partial charge in [-0.3, -0.25) is 0 Å². The van der Waals surface area contributed by atoms with Crippen LogP contribution in [0.5, 0.6) is 0 Å². The van der Waals surface area contributed by atoms with Crippen LogP contribution in [0.4, 0.5) is 26.3 Å². The van der Waals surface area contributed by atoms with E-state index in [-0.39, 0.29) is 0 Å². The minimum absolute atomic E-state index is 1.70. The van der Waals surface area contributed by atoms with Crippen LogP contribution in [-0.4, -0.2) is 12.4 Å². The first kappa shape index (κ1) is 12.1. The van der Waals surface area contributed by atoms with Crippen molar-refractivity contribution in [1.29, 1.82) is 0 Å². The van der Waals surface area contributed by atoms with Gasteiger partial charge in [0.15, 0.2) is 0 Å². The van der Waals surface area contributed by atoms with Crippen LogP contribution in [0, 0.1) is 0 Å². The molecule has 8 heteroatoms. The molecule has 0 radical (unpaired) electrons. The third kappa shape index (κ3) is 3.22. The Morgan fingerprint density at radius 3 is 1.33 bits per heavy atom. The zero-order valence-corrected chi connectivity index (χ0v) is 7.37. The van der Waals surface area contributed by atoms with E-state index in [0.29, 0.717) is 0 Å². The van der Waals surface area contributed by atoms with Crippen molar-refractivity contribution in [2.24, 2.45) is 0 Å². The number of rotatable bonds is 0. The lowest BCUT2D eigenvalue weighted by atomic mass is 10.5. The Hall–Kier alpha value is 0.0900. The molecule has 0 amide bonds. The summed E-state index contributed by atoms with van der Waals surface area (Å²) in [5.74, 6) is 0. The standard InChI is InChI=1S/C4BrClF6/c5-1(3(7,8)9)2(6)4(10,11)12/b2-1-. The molecule has 0 aromatic carbocycles. The highest BCUT2D eigenvalue weighted by molar-refractivity contribution is 9.11. The molecule has 0 unspecified atom stereocenters. The predicted octanol–water partition coefficient (Wildman–Crippen LogP) is 3.96. The van der Waals surface area contributed by atoms with Gasteiger partial charge in [0.25, 0.3) is 0 Å². The summed E-state index contributed by atoms with van der Waals surface area (Å²) in [6, 6.07) is 0. The second kappa shape index (κ2) is 3.45. The molecule has 0 saturated carbocycles. The number of allylic oxidation sites excluding steroid dienone is 2. The quantitative estimate of drug-likeness (QED) is 0.588. The summed E-state index contributed by atoms with van der Waals surface area (Å²) < 4.78 is 67.1. The van der Waals surface area contributed by atoms with Crippen molar-refractivity contribution >= 4 is 27.5 Å². The maximum absolute atomic E-state index is 11.5. The van der Waals surface area contributed by atoms with Crippen molar-refractivity contribution in [2.45, 2.75) is 12.4 Å². The fraction of sp³-hybridized carbons (Fsp3) is 0.500. The Bertz CT molecular complexity index is 179. The van der Waals surface area contributed by atoms with Gasteiger partial charge in [-0.1, -0.05) is 11.6 Å². The van der Waals surface area contributed by atoms with Crippen LogP contribution in [0.1, 0.15) is 0 Å². The lowest BCUT2D eigenvalue weighted by Crippen LogP contribution is -2.16. The van der Waals surface area contributed by atoms with Crippen molar-refractivity contribution in [3.63, 3.8) is 0 Å². The lowest BCUT2D eigenvalue weighted by molar-refractivity contribution is -0.104. The maximum Gasteiger partial charge on any atom is 0.428 e. The average molecular weight is 277 g/mol. The van der Waals surface area contributed by atoms with Gasteiger partial charge < -0.3 is 0 Å². The van der Waals surface area contributed by atoms with E-state index < -0.39 is 21.9 Å². The van der Waals surface area contributed by atoms with Crippen molar-refractivity contribution in [3.8, 4) is 0 Å². The van der Waals surface area contributed by atoms with Crippen LogP contribution in [0.2, 0.25) is 0 Å². The van der Waals surface area contributed by atoms with E-state index in [9.17, 15) is 26.3 Å². The fourth-order valence-electron chi connectivity index (χ4n) is 0.249. The average Bonchev–Trinajstić information content (AvgIpc) is 1.80. The number of hydrogen-bond donors (Lipinski definition) is 0. The number of alkyl halides is 6. The molecule has 12 heavy (non-hydrogen) atoms. The van der Waals surface area contributed by atoms with Crippen molar-refractivity contribution in [3.05, 3.63) is 9.51 Å². The van der Waals surface area contributed by atoms with Gasteiger partial charge in [-0.2, -0.15) is 26.3 Å². The molecule has 0 aromatic rings. The van der Waals surface area contributed by atoms with Gasteiger partial charge in [0.05, 0.1) is 0 Å². The monoisotopic (exact) mass is 276 g/mol. The van der Waals surface area contributed by atoms with Crippen LogP contribution < -0.4 is 0 Å². The predicted molar refractivity (Wildman–Crippen MR) is 33.9 cm³/mol. The van der Waals surface area contributed by atoms with Gasteiger partial charge in [0.2, 0.25) is 0 Å². The summed E-state index contributed by atoms with van der Waals surface area (Å²) in [4.78, 5) is 0. The largest absolute Gasteiger partial charge is 0.428 e. The van der Waals surface area contributed by atoms with E-state index in [2.05, 4.69) is 11.6 Å². The molecule has 0 fully saturated rings. The molecule has 0 aliphatic carbocycles. The molecule has 0 saturated heterocycles. The van der Waals surface area contributed by atoms with E-state index in [1.807, 2.05) is 0 Å². The Kier molecular flexibility index (Phi) is 3.48. The van der Waals surface area contributed by atoms with Crippen molar-refractivity contribution in [2.75, 3.05) is 0 Å². The smallest absolute Gasteiger partial charge is 0.166 e. The van der Waals surface area contributed by atoms with E-state index in [4.69, 9.17) is 0 Å². The molecule has 0 aromatic heterocycles. The summed E-state index contributed by atoms with van der Waals surface area (Å²) in [5.41, 5.74) is 0. The first-order valence-electron chi connectivity index (χ1n) is 2.26. The SMILES string of the molecule is FC(F)(F)/C(Cl)=C(/Br)C(F)(F)F. The fourth-order valence-corrected chi connectivity index (χ4v) is 0.581. The Morgan fingerprint density at radius 2 is 1.25 bits per heavy atom. The topological polar surface area (TPSA) is 0 Å². The highest BCUT2D eigenvalue weighted by atomic mass is 79.9. The summed E-state index contributed by atoms with van der Waals surface area (Å²) in [6.45, 7) is 0. The molecular weight excluding hydrogens is 277 g/mol. The molecule has 0 aliphatic rings. The van der Waals surface area contributed by atoms with Gasteiger partial charge >= 0.3 is 12.4 Å². The summed E-state index contributed by atoms with van der Waals surface area (Å²) in [5, 5.41) is -2.21. The summed E-state index contributed by atoms with van der Waals surface area (Å²) >= 11 is 6.08. The molecule has 0 bridgehead atoms. The summed E-state index contributed by atoms with van der Waals surface area (Å²) in [6.07, 6.45) is -10.3. The highest BCUT2D eigenvalue weighted by Crippen LogP contribution is 2.41. The van der Waals surface area contributed by atoms with Crippen molar-refractivity contribution in [1.82, 2.24) is 0 Å². The van der Waals surface area contributed by atoms with Crippen molar-refractivity contribution < 1.29 is 26.3 Å². The van der Waals surface area contributed by atoms with Crippen LogP contribution in [-0.2, 0) is 0 Å². The van der Waals surface area contributed by atoms with Gasteiger partial charge in [0.1, 0.15) is 9.51 Å². The second-order valence-corrected chi connectivity index (χ2v) is 2.79. The minimum atomic E-state index is -5.18. The number of halogens is 8. The van der Waals surface area contributed by atoms with E-state index in [1.165, 1.54) is 0 Å². The van der Waals surface area contributed by atoms with E-state index in [1.54, 1.807) is 15.9 Å². The molecule has 72 valence electrons. The number of hydrogen-bond acceptors (Lipinski definition) is 0. The second-order valence-electron chi connectivity index (χ2n) is 1.62. The normalized spacial score (nSPS) is 16.0. The molecule has 0 heterocycles. The highest BCUT2D eigenvalue weighted by Gasteiger charge is 2.43. The first-order chi connectivity index (χ1) is 5.07. The third-order valence-electron chi connectivity index (χ3n) is 0.690. The lowest BCUT2D eigenvalue weighted by Gasteiger charge is -2.10. The van der Waals surface area contributed by atoms with Crippen LogP contribution in [0.3, 0.4) is 0 Å².